The number of hydrogen-bond acceptors (Lipinski definition) is 20. The summed E-state index contributed by atoms with van der Waals surface area (Å²) >= 11 is 7.39. The van der Waals surface area contributed by atoms with Gasteiger partial charge in [-0.05, 0) is 163 Å². The molecule has 0 fully saturated rings. The van der Waals surface area contributed by atoms with Crippen molar-refractivity contribution >= 4 is 76.7 Å². The van der Waals surface area contributed by atoms with Crippen LogP contribution in [0, 0.1) is 6.92 Å². The predicted molar refractivity (Wildman–Crippen MR) is 340 cm³/mol. The Kier molecular flexibility index (Phi) is 35.7. The van der Waals surface area contributed by atoms with Crippen LogP contribution in [0.5, 0.6) is 0 Å². The number of rotatable bonds is 47. The molecule has 0 saturated carbocycles. The van der Waals surface area contributed by atoms with Gasteiger partial charge in [0.05, 0.1) is 140 Å². The first-order chi connectivity index (χ1) is 40.1. The van der Waals surface area contributed by atoms with Crippen LogP contribution in [0.2, 0.25) is 0 Å². The SMILES string of the molecule is CCCOCCOCCOCCOCCOCCN1/C(=C/C=C/C=C/CC(C)(CCCSOC)c2c(C)ccc3c2CC(SOC)CC3SOC)C(C)(CCOCCOCCOCCOC)c2c1ccc1c(SOC)cc(SOC)cc21. The largest absolute Gasteiger partial charge is 0.382 e. The third-order valence-electron chi connectivity index (χ3n) is 14.4. The Balaban J connectivity index is 1.42. The maximum absolute atomic E-state index is 6.39. The first-order valence-corrected chi connectivity index (χ1v) is 32.8. The minimum atomic E-state index is -0.484. The Labute approximate surface area is 513 Å². The number of allylic oxidation sites excluding steroid dienone is 6. The van der Waals surface area contributed by atoms with Crippen LogP contribution in [0.25, 0.3) is 10.8 Å². The Morgan fingerprint density at radius 3 is 1.88 bits per heavy atom. The van der Waals surface area contributed by atoms with E-state index >= 15 is 0 Å². The topological polar surface area (TPSA) is 132 Å². The minimum absolute atomic E-state index is 0.127. The minimum Gasteiger partial charge on any atom is -0.382 e. The normalized spacial score (nSPS) is 18.5. The summed E-state index contributed by atoms with van der Waals surface area (Å²) in [6.45, 7) is 18.7. The molecular weight excluding hydrogens is 1140 g/mol. The lowest BCUT2D eigenvalue weighted by atomic mass is 9.69. The molecule has 0 aromatic heterocycles. The van der Waals surface area contributed by atoms with E-state index in [9.17, 15) is 0 Å². The van der Waals surface area contributed by atoms with E-state index in [2.05, 4.69) is 99.4 Å². The van der Waals surface area contributed by atoms with Gasteiger partial charge >= 0.3 is 0 Å². The fourth-order valence-electron chi connectivity index (χ4n) is 10.8. The summed E-state index contributed by atoms with van der Waals surface area (Å²) in [5, 5.41) is 2.82. The number of methoxy groups -OCH3 is 1. The molecule has 3 aromatic carbocycles. The standard InChI is InChI=1S/C62H95NO14S5/c1-11-26-70-31-34-74-39-41-77-42-40-76-36-33-72-28-25-63-55-21-20-52-54(45-50(80-67-8)47-57(52)82-69-10)60(55)62(4,24-27-71-32-35-75-38-37-73-30-29-64-5)58(63)17-14-12-13-15-22-61(3,23-16-43-78-65-6)59-48(2)18-19-51-53(59)44-49(79-66-7)46-56(51)81-68-9/h12-15,17-21,45,47,49,56H,11,16,22-44,46H2,1-10H3/b14-12+,15-13+,58-17+. The van der Waals surface area contributed by atoms with Crippen LogP contribution in [-0.2, 0) is 80.8 Å². The molecule has 0 N–H and O–H groups in total. The van der Waals surface area contributed by atoms with Crippen molar-refractivity contribution in [2.45, 2.75) is 104 Å². The molecule has 0 radical (unpaired) electrons. The van der Waals surface area contributed by atoms with Crippen molar-refractivity contribution < 1.29 is 63.5 Å². The van der Waals surface area contributed by atoms with Gasteiger partial charge in [0.15, 0.2) is 0 Å². The van der Waals surface area contributed by atoms with E-state index in [1.165, 1.54) is 63.9 Å². The zero-order valence-electron chi connectivity index (χ0n) is 50.6. The quantitative estimate of drug-likeness (QED) is 0.0301. The van der Waals surface area contributed by atoms with Crippen molar-refractivity contribution in [1.82, 2.24) is 0 Å². The van der Waals surface area contributed by atoms with Crippen molar-refractivity contribution in [3.8, 4) is 0 Å². The third kappa shape index (κ3) is 22.7. The molecule has 15 nitrogen and oxygen atoms in total. The van der Waals surface area contributed by atoms with E-state index in [4.69, 9.17) is 63.5 Å². The molecule has 462 valence electrons. The molecule has 0 saturated heterocycles. The van der Waals surface area contributed by atoms with Gasteiger partial charge in [-0.15, -0.1) is 0 Å². The first kappa shape index (κ1) is 70.9. The highest BCUT2D eigenvalue weighted by atomic mass is 32.2. The van der Waals surface area contributed by atoms with Crippen LogP contribution in [0.1, 0.15) is 92.4 Å². The molecule has 0 spiro atoms. The van der Waals surface area contributed by atoms with Crippen LogP contribution in [-0.4, -0.2) is 173 Å². The summed E-state index contributed by atoms with van der Waals surface area (Å²) in [6.07, 6.45) is 17.8. The van der Waals surface area contributed by atoms with E-state index in [0.29, 0.717) is 124 Å². The van der Waals surface area contributed by atoms with Crippen molar-refractivity contribution in [3.63, 3.8) is 0 Å². The van der Waals surface area contributed by atoms with E-state index < -0.39 is 5.41 Å². The Hall–Kier alpha value is -1.87. The summed E-state index contributed by atoms with van der Waals surface area (Å²) in [6, 6.07) is 13.5. The van der Waals surface area contributed by atoms with Crippen molar-refractivity contribution in [1.29, 1.82) is 0 Å². The number of aryl methyl sites for hydroxylation is 1. The van der Waals surface area contributed by atoms with Gasteiger partial charge in [-0.2, -0.15) is 0 Å². The van der Waals surface area contributed by atoms with Gasteiger partial charge in [0.25, 0.3) is 0 Å². The molecule has 0 bridgehead atoms. The van der Waals surface area contributed by atoms with Crippen LogP contribution in [0.3, 0.4) is 0 Å². The summed E-state index contributed by atoms with van der Waals surface area (Å²) in [4.78, 5) is 4.44. The summed E-state index contributed by atoms with van der Waals surface area (Å²) in [5.41, 5.74) is 8.52. The smallest absolute Gasteiger partial charge is 0.0701 e. The lowest BCUT2D eigenvalue weighted by Crippen LogP contribution is -2.32. The zero-order valence-corrected chi connectivity index (χ0v) is 54.7. The lowest BCUT2D eigenvalue weighted by Gasteiger charge is -2.38. The lowest BCUT2D eigenvalue weighted by molar-refractivity contribution is -0.0105. The Morgan fingerprint density at radius 2 is 1.27 bits per heavy atom. The van der Waals surface area contributed by atoms with E-state index in [1.807, 2.05) is 0 Å². The summed E-state index contributed by atoms with van der Waals surface area (Å²) < 4.78 is 80.1. The molecule has 1 aliphatic heterocycles. The molecule has 4 atom stereocenters. The van der Waals surface area contributed by atoms with Crippen LogP contribution in [0.15, 0.2) is 82.3 Å². The highest BCUT2D eigenvalue weighted by Crippen LogP contribution is 2.54. The fourth-order valence-corrected chi connectivity index (χ4v) is 14.2. The molecule has 82 heavy (non-hydrogen) atoms. The molecule has 20 heteroatoms. The van der Waals surface area contributed by atoms with E-state index in [-0.39, 0.29) is 10.7 Å². The highest BCUT2D eigenvalue weighted by molar-refractivity contribution is 7.96. The predicted octanol–water partition coefficient (Wildman–Crippen LogP) is 13.5. The molecule has 4 unspecified atom stereocenters. The summed E-state index contributed by atoms with van der Waals surface area (Å²) in [7, 11) is 10.4. The molecule has 1 aliphatic carbocycles. The zero-order chi connectivity index (χ0) is 58.7. The molecular formula is C62H95NO14S5. The van der Waals surface area contributed by atoms with Crippen LogP contribution < -0.4 is 4.90 Å². The van der Waals surface area contributed by atoms with Gasteiger partial charge in [-0.1, -0.05) is 56.4 Å². The van der Waals surface area contributed by atoms with Crippen molar-refractivity contribution in [3.05, 3.63) is 100 Å². The first-order valence-electron chi connectivity index (χ1n) is 28.8. The number of hydrogen-bond donors (Lipinski definition) is 0. The van der Waals surface area contributed by atoms with Crippen molar-refractivity contribution in [2.75, 3.05) is 172 Å². The Morgan fingerprint density at radius 1 is 0.646 bits per heavy atom. The monoisotopic (exact) mass is 1240 g/mol. The number of fused-ring (bicyclic) bond motifs is 4. The molecule has 3 aromatic rings. The third-order valence-corrected chi connectivity index (χ3v) is 18.1. The highest BCUT2D eigenvalue weighted by Gasteiger charge is 2.45. The van der Waals surface area contributed by atoms with Crippen LogP contribution in [0.4, 0.5) is 5.69 Å². The van der Waals surface area contributed by atoms with Gasteiger partial charge in [-0.25, -0.2) is 0 Å². The van der Waals surface area contributed by atoms with Crippen LogP contribution >= 0.6 is 60.2 Å². The maximum Gasteiger partial charge on any atom is 0.0701 e. The second kappa shape index (κ2) is 41.3. The maximum atomic E-state index is 6.39. The number of nitrogens with zero attached hydrogens (tertiary/aromatic N) is 1. The van der Waals surface area contributed by atoms with Gasteiger partial charge < -0.3 is 68.4 Å². The van der Waals surface area contributed by atoms with Gasteiger partial charge in [0.1, 0.15) is 0 Å². The second-order valence-corrected chi connectivity index (χ2v) is 25.4. The second-order valence-electron chi connectivity index (χ2n) is 20.2. The fraction of sp³-hybridized carbons (Fsp3) is 0.645. The Bertz CT molecular complexity index is 2350. The molecule has 2 aliphatic rings. The molecule has 1 heterocycles. The van der Waals surface area contributed by atoms with Gasteiger partial charge in [-0.3, -0.25) is 0 Å². The molecule has 0 amide bonds. The van der Waals surface area contributed by atoms with Gasteiger partial charge in [0.2, 0.25) is 0 Å². The average molecular weight is 1240 g/mol. The summed E-state index contributed by atoms with van der Waals surface area (Å²) in [5.74, 6) is 0.930. The number of benzene rings is 3. The average Bonchev–Trinajstić information content (AvgIpc) is 1.98. The van der Waals surface area contributed by atoms with Gasteiger partial charge in [0, 0.05) is 88.5 Å². The number of ether oxygens (including phenoxy) is 9. The van der Waals surface area contributed by atoms with E-state index in [1.54, 1.807) is 66.7 Å². The van der Waals surface area contributed by atoms with E-state index in [0.717, 1.165) is 82.8 Å². The molecule has 5 rings (SSSR count). The van der Waals surface area contributed by atoms with Crippen molar-refractivity contribution in [2.24, 2.45) is 0 Å². The number of anilines is 1.